The molecule has 0 radical (unpaired) electrons. The lowest BCUT2D eigenvalue weighted by Gasteiger charge is -1.96. The minimum absolute atomic E-state index is 0.118. The Morgan fingerprint density at radius 1 is 0.833 bits per heavy atom. The fourth-order valence-corrected chi connectivity index (χ4v) is 1.92. The molecule has 24 heavy (non-hydrogen) atoms. The minimum Gasteiger partial charge on any atom is -0.508 e. The van der Waals surface area contributed by atoms with E-state index in [1.54, 1.807) is 12.1 Å². The average Bonchev–Trinajstić information content (AvgIpc) is 2.51. The molecule has 0 fully saturated rings. The summed E-state index contributed by atoms with van der Waals surface area (Å²) in [6.07, 6.45) is 4.82. The summed E-state index contributed by atoms with van der Waals surface area (Å²) in [4.78, 5) is 23.4. The van der Waals surface area contributed by atoms with E-state index in [0.29, 0.717) is 5.56 Å². The number of aromatic hydroxyl groups is 1. The second kappa shape index (κ2) is 7.97. The predicted molar refractivity (Wildman–Crippen MR) is 87.2 cm³/mol. The third-order valence-corrected chi connectivity index (χ3v) is 3.05. The Labute approximate surface area is 137 Å². The quantitative estimate of drug-likeness (QED) is 0.646. The summed E-state index contributed by atoms with van der Waals surface area (Å²) in [5.41, 5.74) is 0.910. The molecule has 122 valence electrons. The van der Waals surface area contributed by atoms with Gasteiger partial charge in [0, 0.05) is 6.07 Å². The number of hydrogen-bond acceptors (Lipinski definition) is 3. The fraction of sp³-hybridized carbons (Fsp3) is 0.0526. The molecule has 2 rings (SSSR count). The number of allylic oxidation sites excluding steroid dienone is 2. The van der Waals surface area contributed by atoms with Crippen LogP contribution in [0.2, 0.25) is 0 Å². The Balaban J connectivity index is 1.92. The van der Waals surface area contributed by atoms with E-state index < -0.39 is 23.2 Å². The maximum atomic E-state index is 13.0. The first-order valence-electron chi connectivity index (χ1n) is 7.09. The summed E-state index contributed by atoms with van der Waals surface area (Å²) in [6, 6.07) is 9.11. The van der Waals surface area contributed by atoms with E-state index >= 15 is 0 Å². The molecule has 0 saturated heterocycles. The fourth-order valence-electron chi connectivity index (χ4n) is 1.92. The average molecular weight is 328 g/mol. The van der Waals surface area contributed by atoms with Crippen molar-refractivity contribution in [2.24, 2.45) is 0 Å². The van der Waals surface area contributed by atoms with Gasteiger partial charge in [-0.15, -0.1) is 0 Å². The molecule has 0 atom stereocenters. The smallest absolute Gasteiger partial charge is 0.163 e. The van der Waals surface area contributed by atoms with Crippen LogP contribution >= 0.6 is 0 Å². The molecule has 0 aliphatic rings. The first-order valence-corrected chi connectivity index (χ1v) is 7.09. The van der Waals surface area contributed by atoms with Crippen molar-refractivity contribution in [2.75, 3.05) is 0 Å². The van der Waals surface area contributed by atoms with Gasteiger partial charge >= 0.3 is 0 Å². The van der Waals surface area contributed by atoms with E-state index in [-0.39, 0.29) is 17.7 Å². The van der Waals surface area contributed by atoms with Crippen LogP contribution in [0.15, 0.2) is 54.6 Å². The molecule has 0 aliphatic carbocycles. The van der Waals surface area contributed by atoms with Crippen molar-refractivity contribution in [3.63, 3.8) is 0 Å². The van der Waals surface area contributed by atoms with Crippen LogP contribution in [0.1, 0.15) is 17.5 Å². The highest BCUT2D eigenvalue weighted by Crippen LogP contribution is 2.11. The standard InChI is InChI=1S/C19H14F2O3/c20-15-9-14(10-16(21)11-15)4-8-19(24)12-18(23)7-3-13-1-5-17(22)6-2-13/h1-11,22H,12H2. The monoisotopic (exact) mass is 328 g/mol. The van der Waals surface area contributed by atoms with Crippen molar-refractivity contribution in [3.05, 3.63) is 77.4 Å². The van der Waals surface area contributed by atoms with Crippen molar-refractivity contribution in [2.45, 2.75) is 6.42 Å². The summed E-state index contributed by atoms with van der Waals surface area (Å²) < 4.78 is 26.0. The van der Waals surface area contributed by atoms with Gasteiger partial charge in [-0.25, -0.2) is 8.78 Å². The van der Waals surface area contributed by atoms with Crippen LogP contribution in [0.25, 0.3) is 12.2 Å². The highest BCUT2D eigenvalue weighted by Gasteiger charge is 2.04. The van der Waals surface area contributed by atoms with Gasteiger partial charge in [0.2, 0.25) is 0 Å². The number of hydrogen-bond donors (Lipinski definition) is 1. The van der Waals surface area contributed by atoms with Crippen molar-refractivity contribution < 1.29 is 23.5 Å². The number of carbonyl (C=O) groups excluding carboxylic acids is 2. The number of phenolic OH excluding ortho intramolecular Hbond substituents is 1. The van der Waals surface area contributed by atoms with E-state index in [0.717, 1.165) is 24.3 Å². The van der Waals surface area contributed by atoms with Gasteiger partial charge in [0.1, 0.15) is 17.4 Å². The maximum absolute atomic E-state index is 13.0. The molecular formula is C19H14F2O3. The summed E-state index contributed by atoms with van der Waals surface area (Å²) in [6.45, 7) is 0. The molecule has 3 nitrogen and oxygen atoms in total. The zero-order valence-electron chi connectivity index (χ0n) is 12.6. The highest BCUT2D eigenvalue weighted by atomic mass is 19.1. The topological polar surface area (TPSA) is 54.4 Å². The van der Waals surface area contributed by atoms with Crippen molar-refractivity contribution in [1.82, 2.24) is 0 Å². The number of ketones is 2. The third-order valence-electron chi connectivity index (χ3n) is 3.05. The van der Waals surface area contributed by atoms with Gasteiger partial charge in [0.15, 0.2) is 11.6 Å². The number of benzene rings is 2. The van der Waals surface area contributed by atoms with Gasteiger partial charge in [-0.3, -0.25) is 9.59 Å². The third kappa shape index (κ3) is 5.61. The molecule has 2 aromatic rings. The first-order chi connectivity index (χ1) is 11.4. The molecule has 0 saturated carbocycles. The van der Waals surface area contributed by atoms with Gasteiger partial charge in [-0.2, -0.15) is 0 Å². The second-order valence-electron chi connectivity index (χ2n) is 5.07. The van der Waals surface area contributed by atoms with E-state index in [2.05, 4.69) is 0 Å². The van der Waals surface area contributed by atoms with Crippen molar-refractivity contribution in [1.29, 1.82) is 0 Å². The summed E-state index contributed by atoms with van der Waals surface area (Å²) >= 11 is 0. The van der Waals surface area contributed by atoms with Crippen LogP contribution in [0.4, 0.5) is 8.78 Å². The summed E-state index contributed by atoms with van der Waals surface area (Å²) in [5, 5.41) is 9.15. The van der Waals surface area contributed by atoms with Crippen molar-refractivity contribution >= 4 is 23.7 Å². The summed E-state index contributed by atoms with van der Waals surface area (Å²) in [7, 11) is 0. The Bertz CT molecular complexity index is 786. The van der Waals surface area contributed by atoms with E-state index in [1.807, 2.05) is 0 Å². The van der Waals surface area contributed by atoms with Gasteiger partial charge in [0.25, 0.3) is 0 Å². The molecule has 0 heterocycles. The minimum atomic E-state index is -0.741. The lowest BCUT2D eigenvalue weighted by atomic mass is 10.1. The zero-order valence-corrected chi connectivity index (χ0v) is 12.6. The van der Waals surface area contributed by atoms with E-state index in [9.17, 15) is 18.4 Å². The number of carbonyl (C=O) groups is 2. The number of phenols is 1. The first kappa shape index (κ1) is 17.3. The number of rotatable bonds is 6. The lowest BCUT2D eigenvalue weighted by Crippen LogP contribution is -2.01. The van der Waals surface area contributed by atoms with Gasteiger partial charge in [-0.1, -0.05) is 24.3 Å². The van der Waals surface area contributed by atoms with Crippen LogP contribution in [0.3, 0.4) is 0 Å². The Hall–Kier alpha value is -3.08. The molecule has 0 amide bonds. The molecule has 0 aliphatic heterocycles. The van der Waals surface area contributed by atoms with E-state index in [1.165, 1.54) is 30.4 Å². The molecule has 0 bridgehead atoms. The predicted octanol–water partition coefficient (Wildman–Crippen LogP) is 3.93. The molecule has 2 aromatic carbocycles. The zero-order chi connectivity index (χ0) is 17.5. The van der Waals surface area contributed by atoms with Gasteiger partial charge in [0.05, 0.1) is 6.42 Å². The maximum Gasteiger partial charge on any atom is 0.163 e. The lowest BCUT2D eigenvalue weighted by molar-refractivity contribution is -0.121. The van der Waals surface area contributed by atoms with Crippen molar-refractivity contribution in [3.8, 4) is 5.75 Å². The van der Waals surface area contributed by atoms with Crippen LogP contribution < -0.4 is 0 Å². The molecular weight excluding hydrogens is 314 g/mol. The highest BCUT2D eigenvalue weighted by molar-refractivity contribution is 6.10. The van der Waals surface area contributed by atoms with Gasteiger partial charge < -0.3 is 5.11 Å². The largest absolute Gasteiger partial charge is 0.508 e. The normalized spacial score (nSPS) is 11.2. The Morgan fingerprint density at radius 2 is 1.33 bits per heavy atom. The van der Waals surface area contributed by atoms with Crippen LogP contribution in [0, 0.1) is 11.6 Å². The second-order valence-corrected chi connectivity index (χ2v) is 5.07. The van der Waals surface area contributed by atoms with E-state index in [4.69, 9.17) is 5.11 Å². The Morgan fingerprint density at radius 3 is 1.88 bits per heavy atom. The van der Waals surface area contributed by atoms with Gasteiger partial charge in [-0.05, 0) is 47.5 Å². The van der Waals surface area contributed by atoms with Crippen LogP contribution in [0.5, 0.6) is 5.75 Å². The molecule has 5 heteroatoms. The molecule has 0 unspecified atom stereocenters. The molecule has 1 N–H and O–H groups in total. The summed E-state index contributed by atoms with van der Waals surface area (Å²) in [5.74, 6) is -2.24. The molecule has 0 aromatic heterocycles. The molecule has 0 spiro atoms. The van der Waals surface area contributed by atoms with Crippen LogP contribution in [-0.4, -0.2) is 16.7 Å². The number of halogens is 2. The SMILES string of the molecule is O=C(C=Cc1ccc(O)cc1)CC(=O)C=Cc1cc(F)cc(F)c1. The van der Waals surface area contributed by atoms with Crippen LogP contribution in [-0.2, 0) is 9.59 Å². The Kier molecular flexibility index (Phi) is 5.73.